The number of aromatic nitrogens is 4. The van der Waals surface area contributed by atoms with Gasteiger partial charge in [0.1, 0.15) is 18.4 Å². The maximum atomic E-state index is 12.7. The third-order valence-corrected chi connectivity index (χ3v) is 5.46. The molecule has 0 saturated heterocycles. The lowest BCUT2D eigenvalue weighted by Gasteiger charge is -2.31. The first-order chi connectivity index (χ1) is 14.2. The molecule has 0 bridgehead atoms. The summed E-state index contributed by atoms with van der Waals surface area (Å²) in [5, 5.41) is 15.8. The molecule has 0 saturated carbocycles. The highest BCUT2D eigenvalue weighted by molar-refractivity contribution is 6.30. The summed E-state index contributed by atoms with van der Waals surface area (Å²) in [5.41, 5.74) is 3.62. The smallest absolute Gasteiger partial charge is 0.248 e. The van der Waals surface area contributed by atoms with E-state index in [4.69, 9.17) is 16.3 Å². The average Bonchev–Trinajstić information content (AvgIpc) is 3.20. The van der Waals surface area contributed by atoms with Crippen LogP contribution >= 0.6 is 11.6 Å². The fourth-order valence-corrected chi connectivity index (χ4v) is 4.08. The number of anilines is 1. The Morgan fingerprint density at radius 3 is 2.86 bits per heavy atom. The molecule has 29 heavy (non-hydrogen) atoms. The van der Waals surface area contributed by atoms with Crippen LogP contribution in [0.15, 0.2) is 59.8 Å². The number of allylic oxidation sites excluding steroid dienone is 2. The third kappa shape index (κ3) is 3.38. The van der Waals surface area contributed by atoms with E-state index < -0.39 is 0 Å². The average molecular weight is 408 g/mol. The number of ether oxygens (including phenoxy) is 1. The number of benzene rings is 2. The van der Waals surface area contributed by atoms with Crippen molar-refractivity contribution in [2.24, 2.45) is 0 Å². The molecule has 146 valence electrons. The zero-order valence-corrected chi connectivity index (χ0v) is 16.3. The van der Waals surface area contributed by atoms with Crippen LogP contribution in [0.25, 0.3) is 0 Å². The Morgan fingerprint density at radius 1 is 1.17 bits per heavy atom. The molecule has 2 aliphatic rings. The van der Waals surface area contributed by atoms with Gasteiger partial charge in [-0.15, -0.1) is 0 Å². The van der Waals surface area contributed by atoms with Crippen molar-refractivity contribution >= 4 is 23.3 Å². The molecule has 7 nitrogen and oxygen atoms in total. The predicted molar refractivity (Wildman–Crippen MR) is 108 cm³/mol. The first-order valence-electron chi connectivity index (χ1n) is 9.47. The van der Waals surface area contributed by atoms with E-state index in [2.05, 4.69) is 20.8 Å². The normalized spacial score (nSPS) is 18.1. The number of tetrazole rings is 1. The molecule has 0 spiro atoms. The molecule has 5 rings (SSSR count). The van der Waals surface area contributed by atoms with Crippen molar-refractivity contribution in [2.45, 2.75) is 31.9 Å². The highest BCUT2D eigenvalue weighted by Crippen LogP contribution is 2.39. The Labute approximate surface area is 172 Å². The number of hydrogen-bond donors (Lipinski definition) is 1. The highest BCUT2D eigenvalue weighted by atomic mass is 35.5. The summed E-state index contributed by atoms with van der Waals surface area (Å²) in [7, 11) is 0. The number of ketones is 1. The Morgan fingerprint density at radius 2 is 2.03 bits per heavy atom. The van der Waals surface area contributed by atoms with E-state index in [1.165, 1.54) is 0 Å². The highest BCUT2D eigenvalue weighted by Gasteiger charge is 2.36. The standard InChI is InChI=1S/C21H18ClN5O2/c22-15-4-1-3-13(11-15)12-29-16-9-7-14(8-10-16)20-19-17(5-2-6-18(19)28)23-21-24-25-26-27(20)21/h1,3-4,7-11,20H,2,5-6,12H2,(H,23,24,26). The second kappa shape index (κ2) is 7.33. The Hall–Kier alpha value is -3.19. The summed E-state index contributed by atoms with van der Waals surface area (Å²) in [6.07, 6.45) is 2.22. The van der Waals surface area contributed by atoms with Crippen LogP contribution in [0.4, 0.5) is 5.95 Å². The van der Waals surface area contributed by atoms with E-state index in [9.17, 15) is 4.79 Å². The number of nitrogens with one attached hydrogen (secondary N) is 1. The summed E-state index contributed by atoms with van der Waals surface area (Å²) >= 11 is 6.02. The minimum Gasteiger partial charge on any atom is -0.489 e. The van der Waals surface area contributed by atoms with Crippen molar-refractivity contribution in [3.05, 3.63) is 76.0 Å². The molecule has 2 heterocycles. The Balaban J connectivity index is 1.42. The van der Waals surface area contributed by atoms with Gasteiger partial charge in [-0.3, -0.25) is 4.79 Å². The maximum absolute atomic E-state index is 12.7. The molecule has 1 unspecified atom stereocenters. The summed E-state index contributed by atoms with van der Waals surface area (Å²) in [4.78, 5) is 12.7. The second-order valence-corrected chi connectivity index (χ2v) is 7.57. The number of rotatable bonds is 4. The first-order valence-corrected chi connectivity index (χ1v) is 9.85. The van der Waals surface area contributed by atoms with Crippen molar-refractivity contribution in [1.29, 1.82) is 0 Å². The summed E-state index contributed by atoms with van der Waals surface area (Å²) in [6.45, 7) is 0.429. The predicted octanol–water partition coefficient (Wildman–Crippen LogP) is 3.93. The molecule has 1 aromatic heterocycles. The SMILES string of the molecule is O=C1CCCC2=C1C(c1ccc(OCc3cccc(Cl)c3)cc1)n1nnnc1N2. The molecule has 1 atom stereocenters. The second-order valence-electron chi connectivity index (χ2n) is 7.13. The molecule has 2 aromatic carbocycles. The number of nitrogens with zero attached hydrogens (tertiary/aromatic N) is 4. The zero-order valence-electron chi connectivity index (χ0n) is 15.5. The largest absolute Gasteiger partial charge is 0.489 e. The number of halogens is 1. The van der Waals surface area contributed by atoms with E-state index >= 15 is 0 Å². The molecular formula is C21H18ClN5O2. The fourth-order valence-electron chi connectivity index (χ4n) is 3.87. The summed E-state index contributed by atoms with van der Waals surface area (Å²) < 4.78 is 7.55. The van der Waals surface area contributed by atoms with Gasteiger partial charge in [-0.1, -0.05) is 41.0 Å². The number of hydrogen-bond acceptors (Lipinski definition) is 6. The molecule has 0 amide bonds. The van der Waals surface area contributed by atoms with Gasteiger partial charge in [0.05, 0.1) is 0 Å². The van der Waals surface area contributed by atoms with Gasteiger partial charge in [0.25, 0.3) is 0 Å². The number of carbonyl (C=O) groups excluding carboxylic acids is 1. The van der Waals surface area contributed by atoms with E-state index in [-0.39, 0.29) is 11.8 Å². The number of Topliss-reactive ketones (excluding diaryl/α,β-unsaturated/α-hetero) is 1. The van der Waals surface area contributed by atoms with Crippen LogP contribution in [0.5, 0.6) is 5.75 Å². The van der Waals surface area contributed by atoms with Crippen LogP contribution in [-0.4, -0.2) is 26.0 Å². The molecule has 1 aliphatic carbocycles. The molecule has 3 aromatic rings. The van der Waals surface area contributed by atoms with Crippen molar-refractivity contribution in [2.75, 3.05) is 5.32 Å². The monoisotopic (exact) mass is 407 g/mol. The molecule has 1 N–H and O–H groups in total. The molecule has 1 aliphatic heterocycles. The van der Waals surface area contributed by atoms with Crippen LogP contribution in [0.3, 0.4) is 0 Å². The van der Waals surface area contributed by atoms with Crippen LogP contribution in [0.1, 0.15) is 36.4 Å². The Kier molecular flexibility index (Phi) is 4.52. The first kappa shape index (κ1) is 17.9. The fraction of sp³-hybridized carbons (Fsp3) is 0.238. The van der Waals surface area contributed by atoms with Crippen molar-refractivity contribution in [1.82, 2.24) is 20.2 Å². The quantitative estimate of drug-likeness (QED) is 0.705. The van der Waals surface area contributed by atoms with Crippen molar-refractivity contribution < 1.29 is 9.53 Å². The topological polar surface area (TPSA) is 81.9 Å². The van der Waals surface area contributed by atoms with Crippen molar-refractivity contribution in [3.63, 3.8) is 0 Å². The minimum absolute atomic E-state index is 0.145. The molecule has 0 radical (unpaired) electrons. The third-order valence-electron chi connectivity index (χ3n) is 5.22. The number of fused-ring (bicyclic) bond motifs is 1. The maximum Gasteiger partial charge on any atom is 0.248 e. The Bertz CT molecular complexity index is 1110. The van der Waals surface area contributed by atoms with Gasteiger partial charge < -0.3 is 10.1 Å². The van der Waals surface area contributed by atoms with Crippen molar-refractivity contribution in [3.8, 4) is 5.75 Å². The zero-order chi connectivity index (χ0) is 19.8. The van der Waals surface area contributed by atoms with Crippen LogP contribution in [0, 0.1) is 0 Å². The van der Waals surface area contributed by atoms with Crippen LogP contribution < -0.4 is 10.1 Å². The van der Waals surface area contributed by atoms with E-state index in [1.54, 1.807) is 4.68 Å². The lowest BCUT2D eigenvalue weighted by Crippen LogP contribution is -2.31. The van der Waals surface area contributed by atoms with E-state index in [0.717, 1.165) is 41.0 Å². The molecule has 0 fully saturated rings. The van der Waals surface area contributed by atoms with Gasteiger partial charge in [-0.05, 0) is 58.7 Å². The van der Waals surface area contributed by atoms with Crippen LogP contribution in [-0.2, 0) is 11.4 Å². The summed E-state index contributed by atoms with van der Waals surface area (Å²) in [6, 6.07) is 15.0. The van der Waals surface area contributed by atoms with Gasteiger partial charge in [-0.25, -0.2) is 0 Å². The van der Waals surface area contributed by atoms with Gasteiger partial charge in [-0.2, -0.15) is 4.68 Å². The van der Waals surface area contributed by atoms with E-state index in [1.807, 2.05) is 48.5 Å². The van der Waals surface area contributed by atoms with Gasteiger partial charge >= 0.3 is 0 Å². The van der Waals surface area contributed by atoms with Crippen LogP contribution in [0.2, 0.25) is 5.02 Å². The van der Waals surface area contributed by atoms with Gasteiger partial charge in [0.15, 0.2) is 5.78 Å². The lowest BCUT2D eigenvalue weighted by atomic mass is 9.85. The van der Waals surface area contributed by atoms with Gasteiger partial charge in [0.2, 0.25) is 5.95 Å². The van der Waals surface area contributed by atoms with E-state index in [0.29, 0.717) is 24.0 Å². The van der Waals surface area contributed by atoms with Gasteiger partial charge in [0, 0.05) is 22.7 Å². The summed E-state index contributed by atoms with van der Waals surface area (Å²) in [5.74, 6) is 1.44. The minimum atomic E-state index is -0.328. The molecule has 8 heteroatoms. The lowest BCUT2D eigenvalue weighted by molar-refractivity contribution is -0.116. The number of carbonyl (C=O) groups is 1. The molecular weight excluding hydrogens is 390 g/mol.